The van der Waals surface area contributed by atoms with Gasteiger partial charge in [0.05, 0.1) is 0 Å². The number of rotatable bonds is 6. The van der Waals surface area contributed by atoms with Crippen molar-refractivity contribution in [2.45, 2.75) is 59.9 Å². The van der Waals surface area contributed by atoms with Gasteiger partial charge in [0.25, 0.3) is 0 Å². The molecule has 3 nitrogen and oxygen atoms in total. The van der Waals surface area contributed by atoms with E-state index in [1.165, 1.54) is 0 Å². The second kappa shape index (κ2) is 6.74. The first kappa shape index (κ1) is 15.2. The van der Waals surface area contributed by atoms with Gasteiger partial charge in [0.15, 0.2) is 0 Å². The van der Waals surface area contributed by atoms with Crippen molar-refractivity contribution in [3.8, 4) is 0 Å². The molecule has 0 saturated carbocycles. The van der Waals surface area contributed by atoms with Gasteiger partial charge in [0, 0.05) is 0 Å². The molecule has 0 fully saturated rings. The van der Waals surface area contributed by atoms with Crippen LogP contribution in [-0.2, 0) is 27.5 Å². The fourth-order valence-electron chi connectivity index (χ4n) is 0.928. The Morgan fingerprint density at radius 1 is 0.714 bits per heavy atom. The molecule has 0 saturated heterocycles. The maximum atomic E-state index is 5.75. The van der Waals surface area contributed by atoms with Crippen molar-refractivity contribution in [2.24, 2.45) is 0 Å². The molecule has 0 aromatic rings. The third-order valence-electron chi connectivity index (χ3n) is 1.13. The second-order valence-electron chi connectivity index (χ2n) is 3.98. The average Bonchev–Trinajstić information content (AvgIpc) is 1.76. The molecule has 0 aromatic heterocycles. The zero-order valence-electron chi connectivity index (χ0n) is 9.83. The average molecular weight is 436 g/mol. The predicted octanol–water partition coefficient (Wildman–Crippen LogP) is 3.47. The summed E-state index contributed by atoms with van der Waals surface area (Å²) in [5, 5.41) is 0. The molecule has 86 valence electrons. The molecule has 0 atom stereocenters. The molecule has 0 unspecified atom stereocenters. The third-order valence-corrected chi connectivity index (χ3v) is 13.8. The summed E-state index contributed by atoms with van der Waals surface area (Å²) in [7, 11) is 0. The van der Waals surface area contributed by atoms with Crippen molar-refractivity contribution in [2.75, 3.05) is 0 Å². The third kappa shape index (κ3) is 7.51. The number of halogens is 1. The maximum absolute atomic E-state index is 5.75. The van der Waals surface area contributed by atoms with Crippen LogP contribution in [0.1, 0.15) is 41.5 Å². The summed E-state index contributed by atoms with van der Waals surface area (Å²) in [6.45, 7) is 11.9. The van der Waals surface area contributed by atoms with E-state index >= 15 is 0 Å². The predicted molar refractivity (Wildman–Crippen MR) is 57.6 cm³/mol. The van der Waals surface area contributed by atoms with E-state index in [0.29, 0.717) is 0 Å². The fraction of sp³-hybridized carbons (Fsp3) is 1.00. The first-order valence-electron chi connectivity index (χ1n) is 4.97. The minimum absolute atomic E-state index is 0.133. The number of hydrogen-bond donors (Lipinski definition) is 0. The summed E-state index contributed by atoms with van der Waals surface area (Å²) in [6, 6.07) is 0. The van der Waals surface area contributed by atoms with Crippen molar-refractivity contribution in [3.63, 3.8) is 0 Å². The zero-order valence-corrected chi connectivity index (χ0v) is 15.0. The van der Waals surface area contributed by atoms with E-state index in [1.807, 2.05) is 41.5 Å². The molecule has 5 heteroatoms. The summed E-state index contributed by atoms with van der Waals surface area (Å²) in [5.74, 6) is 0. The van der Waals surface area contributed by atoms with Crippen LogP contribution in [0, 0.1) is 0 Å². The van der Waals surface area contributed by atoms with Crippen molar-refractivity contribution in [1.82, 2.24) is 0 Å². The quantitative estimate of drug-likeness (QED) is 0.598. The van der Waals surface area contributed by atoms with E-state index in [0.717, 1.165) is 0 Å². The molecule has 0 spiro atoms. The Labute approximate surface area is 99.1 Å². The van der Waals surface area contributed by atoms with Crippen LogP contribution in [0.4, 0.5) is 0 Å². The van der Waals surface area contributed by atoms with Crippen molar-refractivity contribution >= 4 is 12.3 Å². The van der Waals surface area contributed by atoms with Crippen molar-refractivity contribution < 1.29 is 27.5 Å². The van der Waals surface area contributed by atoms with E-state index in [-0.39, 0.29) is 18.3 Å². The SMILES string of the molecule is CC(C)[O][Hf]([Br])([O]C(C)C)[O]C(C)C. The molecule has 0 aliphatic carbocycles. The van der Waals surface area contributed by atoms with Gasteiger partial charge in [-0.1, -0.05) is 0 Å². The Hall–Kier alpha value is 1.23. The van der Waals surface area contributed by atoms with Gasteiger partial charge < -0.3 is 0 Å². The van der Waals surface area contributed by atoms with E-state index < -0.39 is 18.9 Å². The summed E-state index contributed by atoms with van der Waals surface area (Å²) >= 11 is 0.0139. The van der Waals surface area contributed by atoms with E-state index in [4.69, 9.17) is 8.56 Å². The minimum atomic E-state index is -3.53. The summed E-state index contributed by atoms with van der Waals surface area (Å²) in [4.78, 5) is 0. The van der Waals surface area contributed by atoms with E-state index in [9.17, 15) is 0 Å². The van der Waals surface area contributed by atoms with Crippen LogP contribution in [0.5, 0.6) is 0 Å². The van der Waals surface area contributed by atoms with Crippen LogP contribution >= 0.6 is 12.3 Å². The van der Waals surface area contributed by atoms with Gasteiger partial charge in [0.2, 0.25) is 0 Å². The van der Waals surface area contributed by atoms with Crippen LogP contribution in [0.25, 0.3) is 0 Å². The molecular weight excluding hydrogens is 414 g/mol. The summed E-state index contributed by atoms with van der Waals surface area (Å²) in [5.41, 5.74) is 0. The monoisotopic (exact) mass is 436 g/mol. The Morgan fingerprint density at radius 2 is 0.929 bits per heavy atom. The molecule has 0 aliphatic rings. The molecule has 14 heavy (non-hydrogen) atoms. The molecule has 0 aromatic carbocycles. The Morgan fingerprint density at radius 3 is 1.07 bits per heavy atom. The normalized spacial score (nSPS) is 13.3. The van der Waals surface area contributed by atoms with E-state index in [2.05, 4.69) is 12.3 Å². The summed E-state index contributed by atoms with van der Waals surface area (Å²) in [6.07, 6.45) is 0.399. The Balaban J connectivity index is 4.32. The second-order valence-corrected chi connectivity index (χ2v) is 17.9. The van der Waals surface area contributed by atoms with Gasteiger partial charge >= 0.3 is 99.7 Å². The van der Waals surface area contributed by atoms with Gasteiger partial charge in [0.1, 0.15) is 0 Å². The summed E-state index contributed by atoms with van der Waals surface area (Å²) < 4.78 is 17.3. The van der Waals surface area contributed by atoms with Crippen LogP contribution in [0.15, 0.2) is 0 Å². The van der Waals surface area contributed by atoms with Crippen LogP contribution in [0.2, 0.25) is 0 Å². The molecule has 0 amide bonds. The van der Waals surface area contributed by atoms with Crippen LogP contribution in [-0.4, -0.2) is 18.3 Å². The van der Waals surface area contributed by atoms with Crippen molar-refractivity contribution in [3.05, 3.63) is 0 Å². The molecule has 0 bridgehead atoms. The molecule has 0 N–H and O–H groups in total. The first-order chi connectivity index (χ1) is 6.25. The van der Waals surface area contributed by atoms with E-state index in [1.54, 1.807) is 0 Å². The zero-order chi connectivity index (χ0) is 11.4. The van der Waals surface area contributed by atoms with Crippen LogP contribution in [0.3, 0.4) is 0 Å². The molecule has 0 heterocycles. The molecule has 0 aliphatic heterocycles. The van der Waals surface area contributed by atoms with Crippen LogP contribution < -0.4 is 0 Å². The first-order valence-corrected chi connectivity index (χ1v) is 17.2. The molecular formula is C9H21BrHfO3. The van der Waals surface area contributed by atoms with Gasteiger partial charge in [-0.2, -0.15) is 0 Å². The van der Waals surface area contributed by atoms with Gasteiger partial charge in [-0.05, 0) is 0 Å². The van der Waals surface area contributed by atoms with Gasteiger partial charge in [-0.15, -0.1) is 0 Å². The van der Waals surface area contributed by atoms with Gasteiger partial charge in [-0.3, -0.25) is 0 Å². The number of hydrogen-bond acceptors (Lipinski definition) is 3. The fourth-order valence-corrected chi connectivity index (χ4v) is 16.8. The van der Waals surface area contributed by atoms with Crippen molar-refractivity contribution in [1.29, 1.82) is 0 Å². The topological polar surface area (TPSA) is 27.7 Å². The standard InChI is InChI=1S/3C3H7O.BrH.Hf/c3*1-3(2)4;;/h3*3H,1-2H3;1H;/q3*-1;;+4/p-1. The Bertz CT molecular complexity index is 136. The molecule has 0 radical (unpaired) electrons. The Kier molecular flexibility index (Phi) is 7.33. The van der Waals surface area contributed by atoms with Gasteiger partial charge in [-0.25, -0.2) is 0 Å². The molecule has 0 rings (SSSR count).